The monoisotopic (exact) mass is 268 g/mol. The molecule has 4 heteroatoms. The minimum absolute atomic E-state index is 0.138. The minimum Gasteiger partial charge on any atom is -0.486 e. The van der Waals surface area contributed by atoms with Crippen LogP contribution in [0, 0.1) is 5.92 Å². The average molecular weight is 269 g/mol. The quantitative estimate of drug-likeness (QED) is 0.823. The van der Waals surface area contributed by atoms with E-state index in [1.807, 2.05) is 0 Å². The van der Waals surface area contributed by atoms with Crippen LogP contribution >= 0.6 is 11.6 Å². The fourth-order valence-electron chi connectivity index (χ4n) is 2.03. The number of Topliss-reactive ketones (excluding diaryl/α,β-unsaturated/α-hetero) is 1. The van der Waals surface area contributed by atoms with E-state index in [-0.39, 0.29) is 12.4 Å². The van der Waals surface area contributed by atoms with Crippen LogP contribution in [-0.4, -0.2) is 25.6 Å². The second-order valence-corrected chi connectivity index (χ2v) is 4.98. The highest BCUT2D eigenvalue weighted by molar-refractivity contribution is 6.30. The predicted molar refractivity (Wildman–Crippen MR) is 70.1 cm³/mol. The molecule has 1 heterocycles. The zero-order valence-electron chi connectivity index (χ0n) is 10.2. The summed E-state index contributed by atoms with van der Waals surface area (Å²) in [5.74, 6) is 1.29. The maximum absolute atomic E-state index is 11.8. The number of ketones is 1. The molecule has 0 unspecified atom stereocenters. The van der Waals surface area contributed by atoms with Gasteiger partial charge in [0.05, 0.1) is 0 Å². The Hall–Kier alpha value is -1.06. The van der Waals surface area contributed by atoms with Gasteiger partial charge in [-0.2, -0.15) is 0 Å². The molecule has 0 radical (unpaired) electrons. The van der Waals surface area contributed by atoms with Gasteiger partial charge in [0.25, 0.3) is 0 Å². The van der Waals surface area contributed by atoms with Gasteiger partial charge >= 0.3 is 0 Å². The van der Waals surface area contributed by atoms with Gasteiger partial charge in [0.2, 0.25) is 0 Å². The summed E-state index contributed by atoms with van der Waals surface area (Å²) in [7, 11) is 0. The lowest BCUT2D eigenvalue weighted by atomic mass is 9.95. The topological polar surface area (TPSA) is 35.5 Å². The normalized spacial score (nSPS) is 16.5. The highest BCUT2D eigenvalue weighted by Crippen LogP contribution is 2.19. The van der Waals surface area contributed by atoms with Gasteiger partial charge < -0.3 is 9.47 Å². The van der Waals surface area contributed by atoms with Crippen molar-refractivity contribution in [3.8, 4) is 5.75 Å². The van der Waals surface area contributed by atoms with Crippen LogP contribution in [0.1, 0.15) is 19.3 Å². The van der Waals surface area contributed by atoms with Crippen molar-refractivity contribution in [2.75, 3.05) is 19.8 Å². The molecule has 0 aromatic heterocycles. The molecule has 3 nitrogen and oxygen atoms in total. The average Bonchev–Trinajstić information content (AvgIpc) is 2.39. The minimum atomic E-state index is 0.138. The zero-order valence-corrected chi connectivity index (χ0v) is 11.0. The summed E-state index contributed by atoms with van der Waals surface area (Å²) in [5.41, 5.74) is 0. The predicted octanol–water partition coefficient (Wildman–Crippen LogP) is 3.10. The van der Waals surface area contributed by atoms with E-state index in [2.05, 4.69) is 0 Å². The maximum Gasteiger partial charge on any atom is 0.170 e. The van der Waals surface area contributed by atoms with Gasteiger partial charge in [-0.05, 0) is 43.0 Å². The van der Waals surface area contributed by atoms with Crippen molar-refractivity contribution in [3.05, 3.63) is 29.3 Å². The molecule has 0 saturated carbocycles. The van der Waals surface area contributed by atoms with E-state index in [0.717, 1.165) is 26.1 Å². The molecular formula is C14H17ClO3. The lowest BCUT2D eigenvalue weighted by Gasteiger charge is -2.21. The van der Waals surface area contributed by atoms with E-state index in [1.165, 1.54) is 0 Å². The molecule has 0 bridgehead atoms. The van der Waals surface area contributed by atoms with E-state index >= 15 is 0 Å². The number of rotatable bonds is 5. The van der Waals surface area contributed by atoms with Gasteiger partial charge in [0.15, 0.2) is 5.78 Å². The van der Waals surface area contributed by atoms with Crippen LogP contribution in [0.2, 0.25) is 5.02 Å². The molecule has 1 aromatic rings. The first-order valence-corrected chi connectivity index (χ1v) is 6.59. The standard InChI is InChI=1S/C14H17ClO3/c15-12-1-3-14(4-2-12)18-10-13(16)9-11-5-7-17-8-6-11/h1-4,11H,5-10H2. The highest BCUT2D eigenvalue weighted by atomic mass is 35.5. The fourth-order valence-corrected chi connectivity index (χ4v) is 2.15. The fraction of sp³-hybridized carbons (Fsp3) is 0.500. The second-order valence-electron chi connectivity index (χ2n) is 4.54. The van der Waals surface area contributed by atoms with Crippen molar-refractivity contribution in [2.24, 2.45) is 5.92 Å². The van der Waals surface area contributed by atoms with Crippen LogP contribution in [0.3, 0.4) is 0 Å². The molecule has 0 N–H and O–H groups in total. The van der Waals surface area contributed by atoms with E-state index in [1.54, 1.807) is 24.3 Å². The van der Waals surface area contributed by atoms with E-state index in [0.29, 0.717) is 23.1 Å². The van der Waals surface area contributed by atoms with Gasteiger partial charge in [0, 0.05) is 24.7 Å². The van der Waals surface area contributed by atoms with E-state index < -0.39 is 0 Å². The third-order valence-electron chi connectivity index (χ3n) is 3.07. The summed E-state index contributed by atoms with van der Waals surface area (Å²) in [6.07, 6.45) is 2.55. The van der Waals surface area contributed by atoms with Gasteiger partial charge in [-0.1, -0.05) is 11.6 Å². The summed E-state index contributed by atoms with van der Waals surface area (Å²) in [5, 5.41) is 0.663. The first kappa shape index (κ1) is 13.4. The lowest BCUT2D eigenvalue weighted by Crippen LogP contribution is -2.21. The number of carbonyl (C=O) groups excluding carboxylic acids is 1. The smallest absolute Gasteiger partial charge is 0.170 e. The Morgan fingerprint density at radius 1 is 1.28 bits per heavy atom. The molecule has 0 aliphatic carbocycles. The first-order chi connectivity index (χ1) is 8.74. The Labute approximate surface area is 112 Å². The third-order valence-corrected chi connectivity index (χ3v) is 3.32. The Bertz CT molecular complexity index is 383. The zero-order chi connectivity index (χ0) is 12.8. The van der Waals surface area contributed by atoms with Crippen LogP contribution in [0.25, 0.3) is 0 Å². The summed E-state index contributed by atoms with van der Waals surface area (Å²) < 4.78 is 10.7. The molecule has 98 valence electrons. The molecule has 1 aromatic carbocycles. The third kappa shape index (κ3) is 4.31. The van der Waals surface area contributed by atoms with Crippen molar-refractivity contribution in [1.29, 1.82) is 0 Å². The number of hydrogen-bond donors (Lipinski definition) is 0. The van der Waals surface area contributed by atoms with Crippen LogP contribution in [0.5, 0.6) is 5.75 Å². The number of halogens is 1. The molecule has 0 spiro atoms. The summed E-state index contributed by atoms with van der Waals surface area (Å²) in [6, 6.07) is 7.04. The van der Waals surface area contributed by atoms with Crippen molar-refractivity contribution < 1.29 is 14.3 Å². The van der Waals surface area contributed by atoms with Crippen LogP contribution in [0.15, 0.2) is 24.3 Å². The Kier molecular flexibility index (Phi) is 5.02. The first-order valence-electron chi connectivity index (χ1n) is 6.22. The SMILES string of the molecule is O=C(COc1ccc(Cl)cc1)CC1CCOCC1. The maximum atomic E-state index is 11.8. The highest BCUT2D eigenvalue weighted by Gasteiger charge is 2.17. The van der Waals surface area contributed by atoms with Crippen molar-refractivity contribution in [1.82, 2.24) is 0 Å². The molecule has 1 aliphatic rings. The number of carbonyl (C=O) groups is 1. The van der Waals surface area contributed by atoms with Crippen LogP contribution in [-0.2, 0) is 9.53 Å². The Morgan fingerprint density at radius 2 is 1.94 bits per heavy atom. The summed E-state index contributed by atoms with van der Waals surface area (Å²) >= 11 is 5.77. The van der Waals surface area contributed by atoms with Crippen molar-refractivity contribution >= 4 is 17.4 Å². The molecule has 18 heavy (non-hydrogen) atoms. The van der Waals surface area contributed by atoms with Crippen molar-refractivity contribution in [3.63, 3.8) is 0 Å². The largest absolute Gasteiger partial charge is 0.486 e. The molecule has 1 fully saturated rings. The van der Waals surface area contributed by atoms with Gasteiger partial charge in [0.1, 0.15) is 12.4 Å². The molecular weight excluding hydrogens is 252 g/mol. The van der Waals surface area contributed by atoms with Gasteiger partial charge in [-0.15, -0.1) is 0 Å². The van der Waals surface area contributed by atoms with Gasteiger partial charge in [-0.25, -0.2) is 0 Å². The molecule has 0 amide bonds. The van der Waals surface area contributed by atoms with E-state index in [4.69, 9.17) is 21.1 Å². The van der Waals surface area contributed by atoms with Crippen LogP contribution in [0.4, 0.5) is 0 Å². The second kappa shape index (κ2) is 6.76. The van der Waals surface area contributed by atoms with E-state index in [9.17, 15) is 4.79 Å². The van der Waals surface area contributed by atoms with Gasteiger partial charge in [-0.3, -0.25) is 4.79 Å². The number of ether oxygens (including phenoxy) is 2. The number of hydrogen-bond acceptors (Lipinski definition) is 3. The summed E-state index contributed by atoms with van der Waals surface area (Å²) in [6.45, 7) is 1.69. The summed E-state index contributed by atoms with van der Waals surface area (Å²) in [4.78, 5) is 11.8. The van der Waals surface area contributed by atoms with Crippen molar-refractivity contribution in [2.45, 2.75) is 19.3 Å². The van der Waals surface area contributed by atoms with Crippen LogP contribution < -0.4 is 4.74 Å². The molecule has 0 atom stereocenters. The molecule has 2 rings (SSSR count). The lowest BCUT2D eigenvalue weighted by molar-refractivity contribution is -0.122. The Balaban J connectivity index is 1.72. The molecule has 1 aliphatic heterocycles. The number of benzene rings is 1. The Morgan fingerprint density at radius 3 is 2.61 bits per heavy atom. The molecule has 1 saturated heterocycles.